The Morgan fingerprint density at radius 1 is 1.25 bits per heavy atom. The van der Waals surface area contributed by atoms with Gasteiger partial charge in [0.1, 0.15) is 12.0 Å². The zero-order valence-electron chi connectivity index (χ0n) is 8.22. The van der Waals surface area contributed by atoms with Crippen LogP contribution in [-0.4, -0.2) is 15.9 Å². The molecule has 0 unspecified atom stereocenters. The Balaban J connectivity index is 2.18. The Morgan fingerprint density at radius 3 is 2.75 bits per heavy atom. The molecule has 1 N–H and O–H groups in total. The van der Waals surface area contributed by atoms with E-state index in [1.54, 1.807) is 6.07 Å². The smallest absolute Gasteiger partial charge is 0.274 e. The second-order valence-electron chi connectivity index (χ2n) is 3.03. The number of para-hydroxylation sites is 1. The number of anilines is 1. The van der Waals surface area contributed by atoms with Crippen molar-refractivity contribution >= 4 is 27.5 Å². The van der Waals surface area contributed by atoms with Crippen LogP contribution in [0.4, 0.5) is 5.69 Å². The van der Waals surface area contributed by atoms with Crippen LogP contribution in [0.1, 0.15) is 10.5 Å². The maximum Gasteiger partial charge on any atom is 0.274 e. The molecule has 1 heterocycles. The number of hydrogen-bond acceptors (Lipinski definition) is 3. The number of rotatable bonds is 2. The quantitative estimate of drug-likeness (QED) is 0.918. The number of aromatic nitrogens is 2. The Bertz CT molecular complexity index is 502. The molecule has 0 radical (unpaired) electrons. The van der Waals surface area contributed by atoms with Crippen LogP contribution in [0.3, 0.4) is 0 Å². The number of hydrogen-bond donors (Lipinski definition) is 1. The van der Waals surface area contributed by atoms with Crippen molar-refractivity contribution in [2.24, 2.45) is 0 Å². The van der Waals surface area contributed by atoms with Gasteiger partial charge in [-0.05, 0) is 34.1 Å². The summed E-state index contributed by atoms with van der Waals surface area (Å²) in [6.45, 7) is 0. The third-order valence-corrected chi connectivity index (χ3v) is 2.63. The first-order chi connectivity index (χ1) is 7.77. The number of amides is 1. The molecule has 0 atom stereocenters. The van der Waals surface area contributed by atoms with Gasteiger partial charge in [0.05, 0.1) is 5.69 Å². The standard InChI is InChI=1S/C11H8BrN3O/c12-8-3-1-2-4-9(8)15-11(16)10-5-6-13-7-14-10/h1-7H,(H,15,16). The molecule has 1 aromatic heterocycles. The molecule has 0 saturated carbocycles. The van der Waals surface area contributed by atoms with Gasteiger partial charge in [-0.1, -0.05) is 12.1 Å². The lowest BCUT2D eigenvalue weighted by atomic mass is 10.3. The van der Waals surface area contributed by atoms with Gasteiger partial charge in [-0.15, -0.1) is 0 Å². The van der Waals surface area contributed by atoms with Gasteiger partial charge in [-0.3, -0.25) is 4.79 Å². The maximum atomic E-state index is 11.7. The normalized spacial score (nSPS) is 9.81. The predicted molar refractivity (Wildman–Crippen MR) is 64.1 cm³/mol. The molecule has 0 saturated heterocycles. The number of nitrogens with zero attached hydrogens (tertiary/aromatic N) is 2. The van der Waals surface area contributed by atoms with Gasteiger partial charge in [0.15, 0.2) is 0 Å². The zero-order chi connectivity index (χ0) is 11.4. The molecule has 2 rings (SSSR count). The van der Waals surface area contributed by atoms with Crippen molar-refractivity contribution in [2.75, 3.05) is 5.32 Å². The Kier molecular flexibility index (Phi) is 3.26. The zero-order valence-corrected chi connectivity index (χ0v) is 9.81. The minimum Gasteiger partial charge on any atom is -0.320 e. The van der Waals surface area contributed by atoms with Gasteiger partial charge < -0.3 is 5.32 Å². The van der Waals surface area contributed by atoms with E-state index in [0.717, 1.165) is 4.47 Å². The van der Waals surface area contributed by atoms with Crippen LogP contribution in [0.2, 0.25) is 0 Å². The summed E-state index contributed by atoms with van der Waals surface area (Å²) in [7, 11) is 0. The molecule has 80 valence electrons. The Morgan fingerprint density at radius 2 is 2.06 bits per heavy atom. The third-order valence-electron chi connectivity index (χ3n) is 1.94. The predicted octanol–water partition coefficient (Wildman–Crippen LogP) is 2.49. The summed E-state index contributed by atoms with van der Waals surface area (Å²) in [4.78, 5) is 19.4. The first-order valence-electron chi connectivity index (χ1n) is 4.59. The molecule has 0 aliphatic heterocycles. The molecule has 0 aliphatic carbocycles. The van der Waals surface area contributed by atoms with E-state index in [1.165, 1.54) is 12.5 Å². The van der Waals surface area contributed by atoms with Crippen molar-refractivity contribution in [3.8, 4) is 0 Å². The summed E-state index contributed by atoms with van der Waals surface area (Å²) < 4.78 is 0.831. The SMILES string of the molecule is O=C(Nc1ccccc1Br)c1ccncn1. The lowest BCUT2D eigenvalue weighted by Gasteiger charge is -2.05. The van der Waals surface area contributed by atoms with Gasteiger partial charge >= 0.3 is 0 Å². The first-order valence-corrected chi connectivity index (χ1v) is 5.38. The lowest BCUT2D eigenvalue weighted by Crippen LogP contribution is -2.13. The van der Waals surface area contributed by atoms with E-state index >= 15 is 0 Å². The van der Waals surface area contributed by atoms with Crippen molar-refractivity contribution in [1.29, 1.82) is 0 Å². The highest BCUT2D eigenvalue weighted by Crippen LogP contribution is 2.21. The van der Waals surface area contributed by atoms with Crippen molar-refractivity contribution in [1.82, 2.24) is 9.97 Å². The highest BCUT2D eigenvalue weighted by Gasteiger charge is 2.08. The Labute approximate surface area is 101 Å². The van der Waals surface area contributed by atoms with Crippen LogP contribution in [0.5, 0.6) is 0 Å². The summed E-state index contributed by atoms with van der Waals surface area (Å²) in [6, 6.07) is 8.95. The van der Waals surface area contributed by atoms with Gasteiger partial charge in [0.25, 0.3) is 5.91 Å². The van der Waals surface area contributed by atoms with E-state index in [-0.39, 0.29) is 5.91 Å². The Hall–Kier alpha value is -1.75. The van der Waals surface area contributed by atoms with E-state index in [2.05, 4.69) is 31.2 Å². The highest BCUT2D eigenvalue weighted by molar-refractivity contribution is 9.10. The van der Waals surface area contributed by atoms with E-state index in [9.17, 15) is 4.79 Å². The van der Waals surface area contributed by atoms with Crippen molar-refractivity contribution in [3.05, 3.63) is 53.0 Å². The van der Waals surface area contributed by atoms with E-state index < -0.39 is 0 Å². The molecule has 0 bridgehead atoms. The molecule has 2 aromatic rings. The molecular formula is C11H8BrN3O. The summed E-state index contributed by atoms with van der Waals surface area (Å²) in [5.41, 5.74) is 1.05. The van der Waals surface area contributed by atoms with Gasteiger partial charge in [-0.2, -0.15) is 0 Å². The number of carbonyl (C=O) groups excluding carboxylic acids is 1. The highest BCUT2D eigenvalue weighted by atomic mass is 79.9. The van der Waals surface area contributed by atoms with Crippen LogP contribution >= 0.6 is 15.9 Å². The number of carbonyl (C=O) groups is 1. The fraction of sp³-hybridized carbons (Fsp3) is 0. The van der Waals surface area contributed by atoms with Crippen LogP contribution in [0, 0.1) is 0 Å². The van der Waals surface area contributed by atoms with Crippen LogP contribution in [-0.2, 0) is 0 Å². The summed E-state index contributed by atoms with van der Waals surface area (Å²) in [5, 5.41) is 2.75. The van der Waals surface area contributed by atoms with Crippen LogP contribution in [0.15, 0.2) is 47.3 Å². The van der Waals surface area contributed by atoms with Crippen molar-refractivity contribution in [2.45, 2.75) is 0 Å². The summed E-state index contributed by atoms with van der Waals surface area (Å²) in [6.07, 6.45) is 2.87. The number of benzene rings is 1. The fourth-order valence-corrected chi connectivity index (χ4v) is 1.56. The first kappa shape index (κ1) is 10.8. The molecule has 4 nitrogen and oxygen atoms in total. The maximum absolute atomic E-state index is 11.7. The van der Waals surface area contributed by atoms with Gasteiger partial charge in [0, 0.05) is 10.7 Å². The molecule has 0 fully saturated rings. The lowest BCUT2D eigenvalue weighted by molar-refractivity contribution is 0.102. The van der Waals surface area contributed by atoms with E-state index in [1.807, 2.05) is 24.3 Å². The van der Waals surface area contributed by atoms with Crippen LogP contribution < -0.4 is 5.32 Å². The third kappa shape index (κ3) is 2.43. The van der Waals surface area contributed by atoms with E-state index in [0.29, 0.717) is 11.4 Å². The second kappa shape index (κ2) is 4.85. The minimum absolute atomic E-state index is 0.255. The monoisotopic (exact) mass is 277 g/mol. The molecule has 1 amide bonds. The van der Waals surface area contributed by atoms with E-state index in [4.69, 9.17) is 0 Å². The fourth-order valence-electron chi connectivity index (χ4n) is 1.17. The number of nitrogens with one attached hydrogen (secondary N) is 1. The van der Waals surface area contributed by atoms with Crippen molar-refractivity contribution < 1.29 is 4.79 Å². The minimum atomic E-state index is -0.255. The topological polar surface area (TPSA) is 54.9 Å². The summed E-state index contributed by atoms with van der Waals surface area (Å²) >= 11 is 3.35. The molecule has 5 heteroatoms. The molecule has 1 aromatic carbocycles. The molecule has 16 heavy (non-hydrogen) atoms. The van der Waals surface area contributed by atoms with Gasteiger partial charge in [-0.25, -0.2) is 9.97 Å². The average Bonchev–Trinajstić information content (AvgIpc) is 2.33. The average molecular weight is 278 g/mol. The van der Waals surface area contributed by atoms with Gasteiger partial charge in [0.2, 0.25) is 0 Å². The summed E-state index contributed by atoms with van der Waals surface area (Å²) in [5.74, 6) is -0.255. The number of halogens is 1. The largest absolute Gasteiger partial charge is 0.320 e. The van der Waals surface area contributed by atoms with Crippen molar-refractivity contribution in [3.63, 3.8) is 0 Å². The second-order valence-corrected chi connectivity index (χ2v) is 3.88. The molecular weight excluding hydrogens is 270 g/mol. The molecule has 0 aliphatic rings. The van der Waals surface area contributed by atoms with Crippen LogP contribution in [0.25, 0.3) is 0 Å². The molecule has 0 spiro atoms.